The maximum atomic E-state index is 11.9. The van der Waals surface area contributed by atoms with Gasteiger partial charge in [0.15, 0.2) is 0 Å². The van der Waals surface area contributed by atoms with Gasteiger partial charge >= 0.3 is 17.9 Å². The Morgan fingerprint density at radius 2 is 0.788 bits per heavy atom. The zero-order valence-electron chi connectivity index (χ0n) is 21.6. The third kappa shape index (κ3) is 17.4. The van der Waals surface area contributed by atoms with Crippen molar-refractivity contribution in [2.75, 3.05) is 46.2 Å². The molecule has 0 amide bonds. The minimum absolute atomic E-state index is 0.147. The molecule has 0 heterocycles. The first kappa shape index (κ1) is 31.2. The lowest BCUT2D eigenvalue weighted by atomic mass is 9.92. The van der Waals surface area contributed by atoms with Gasteiger partial charge < -0.3 is 33.5 Å². The highest BCUT2D eigenvalue weighted by atomic mass is 16.6. The van der Waals surface area contributed by atoms with E-state index in [9.17, 15) is 19.5 Å². The normalized spacial score (nSPS) is 12.9. The van der Waals surface area contributed by atoms with Crippen LogP contribution >= 0.6 is 0 Å². The SMILES string of the molecule is CC(C)(C)OC(=O)COCC(CO)(COCC(=O)OC(C)(C)C)COCC(=O)OC(C)(C)C. The van der Waals surface area contributed by atoms with Crippen LogP contribution in [0, 0.1) is 5.41 Å². The molecule has 1 N–H and O–H groups in total. The van der Waals surface area contributed by atoms with E-state index in [-0.39, 0.29) is 39.6 Å². The molecule has 0 saturated carbocycles. The van der Waals surface area contributed by atoms with Crippen LogP contribution in [0.1, 0.15) is 62.3 Å². The third-order valence-corrected chi connectivity index (χ3v) is 3.48. The number of carbonyl (C=O) groups excluding carboxylic acids is 3. The Morgan fingerprint density at radius 1 is 0.545 bits per heavy atom. The van der Waals surface area contributed by atoms with Gasteiger partial charge in [-0.15, -0.1) is 0 Å². The molecule has 0 aliphatic heterocycles. The van der Waals surface area contributed by atoms with Crippen LogP contribution in [0.3, 0.4) is 0 Å². The summed E-state index contributed by atoms with van der Waals surface area (Å²) in [4.78, 5) is 35.7. The summed E-state index contributed by atoms with van der Waals surface area (Å²) in [5, 5.41) is 10.0. The van der Waals surface area contributed by atoms with Gasteiger partial charge in [0.05, 0.1) is 31.8 Å². The van der Waals surface area contributed by atoms with Gasteiger partial charge in [-0.1, -0.05) is 0 Å². The molecule has 0 unspecified atom stereocenters. The van der Waals surface area contributed by atoms with Gasteiger partial charge in [0, 0.05) is 0 Å². The smallest absolute Gasteiger partial charge is 0.332 e. The van der Waals surface area contributed by atoms with E-state index < -0.39 is 46.7 Å². The van der Waals surface area contributed by atoms with E-state index in [4.69, 9.17) is 28.4 Å². The van der Waals surface area contributed by atoms with Gasteiger partial charge in [-0.05, 0) is 62.3 Å². The van der Waals surface area contributed by atoms with E-state index in [1.807, 2.05) is 0 Å². The third-order valence-electron chi connectivity index (χ3n) is 3.48. The first-order valence-electron chi connectivity index (χ1n) is 10.9. The quantitative estimate of drug-likeness (QED) is 0.310. The van der Waals surface area contributed by atoms with Gasteiger partial charge in [-0.25, -0.2) is 14.4 Å². The van der Waals surface area contributed by atoms with E-state index in [1.54, 1.807) is 62.3 Å². The lowest BCUT2D eigenvalue weighted by molar-refractivity contribution is -0.169. The lowest BCUT2D eigenvalue weighted by Crippen LogP contribution is -2.43. The molecule has 0 radical (unpaired) electrons. The van der Waals surface area contributed by atoms with Crippen LogP contribution in [0.2, 0.25) is 0 Å². The van der Waals surface area contributed by atoms with Crippen molar-refractivity contribution in [2.24, 2.45) is 5.41 Å². The van der Waals surface area contributed by atoms with Crippen molar-refractivity contribution in [3.63, 3.8) is 0 Å². The maximum absolute atomic E-state index is 11.9. The molecule has 0 rings (SSSR count). The molecule has 0 aliphatic rings. The van der Waals surface area contributed by atoms with Crippen LogP contribution in [0.5, 0.6) is 0 Å². The first-order valence-corrected chi connectivity index (χ1v) is 10.9. The standard InChI is InChI=1S/C23H42O10/c1-20(2,3)31-17(25)10-28-14-23(13-24,15-29-11-18(26)32-21(4,5)6)16-30-12-19(27)33-22(7,8)9/h24H,10-16H2,1-9H3. The average molecular weight is 479 g/mol. The summed E-state index contributed by atoms with van der Waals surface area (Å²) in [5.41, 5.74) is -3.14. The Labute approximate surface area is 197 Å². The Hall–Kier alpha value is -1.75. The van der Waals surface area contributed by atoms with E-state index in [2.05, 4.69) is 0 Å². The number of ether oxygens (including phenoxy) is 6. The molecular formula is C23H42O10. The fraction of sp³-hybridized carbons (Fsp3) is 0.870. The Balaban J connectivity index is 4.99. The molecule has 0 saturated heterocycles. The van der Waals surface area contributed by atoms with Gasteiger partial charge in [-0.2, -0.15) is 0 Å². The summed E-state index contributed by atoms with van der Waals surface area (Å²) >= 11 is 0. The summed E-state index contributed by atoms with van der Waals surface area (Å²) in [6.45, 7) is 13.7. The molecule has 0 aromatic heterocycles. The predicted octanol–water partition coefficient (Wildman–Crippen LogP) is 2.04. The number of hydrogen-bond acceptors (Lipinski definition) is 10. The van der Waals surface area contributed by atoms with Crippen LogP contribution < -0.4 is 0 Å². The van der Waals surface area contributed by atoms with Crippen molar-refractivity contribution in [1.82, 2.24) is 0 Å². The topological polar surface area (TPSA) is 127 Å². The highest BCUT2D eigenvalue weighted by Crippen LogP contribution is 2.20. The zero-order chi connectivity index (χ0) is 25.9. The highest BCUT2D eigenvalue weighted by molar-refractivity contribution is 5.71. The van der Waals surface area contributed by atoms with Crippen molar-refractivity contribution in [1.29, 1.82) is 0 Å². The number of aliphatic hydroxyl groups excluding tert-OH is 1. The number of hydrogen-bond donors (Lipinski definition) is 1. The molecule has 0 atom stereocenters. The molecule has 33 heavy (non-hydrogen) atoms. The molecule has 0 aromatic rings. The summed E-state index contributed by atoms with van der Waals surface area (Å²) < 4.78 is 31.9. The van der Waals surface area contributed by atoms with E-state index >= 15 is 0 Å². The average Bonchev–Trinajstić information content (AvgIpc) is 2.56. The molecule has 0 fully saturated rings. The fourth-order valence-corrected chi connectivity index (χ4v) is 2.43. The Morgan fingerprint density at radius 3 is 0.970 bits per heavy atom. The molecule has 10 heteroatoms. The second-order valence-electron chi connectivity index (χ2n) is 10.9. The predicted molar refractivity (Wildman–Crippen MR) is 120 cm³/mol. The summed E-state index contributed by atoms with van der Waals surface area (Å²) in [6.07, 6.45) is 0. The molecule has 10 nitrogen and oxygen atoms in total. The minimum atomic E-state index is -1.15. The second kappa shape index (κ2) is 13.2. The second-order valence-corrected chi connectivity index (χ2v) is 10.9. The van der Waals surface area contributed by atoms with Crippen molar-refractivity contribution < 1.29 is 47.9 Å². The van der Waals surface area contributed by atoms with Crippen LogP contribution in [0.25, 0.3) is 0 Å². The largest absolute Gasteiger partial charge is 0.458 e. The van der Waals surface area contributed by atoms with Gasteiger partial charge in [0.2, 0.25) is 0 Å². The summed E-state index contributed by atoms with van der Waals surface area (Å²) in [7, 11) is 0. The van der Waals surface area contributed by atoms with Crippen LogP contribution in [-0.4, -0.2) is 86.1 Å². The van der Waals surface area contributed by atoms with Crippen molar-refractivity contribution in [2.45, 2.75) is 79.1 Å². The monoisotopic (exact) mass is 478 g/mol. The Bertz CT molecular complexity index is 539. The molecule has 0 bridgehead atoms. The fourth-order valence-electron chi connectivity index (χ4n) is 2.43. The van der Waals surface area contributed by atoms with Gasteiger partial charge in [0.25, 0.3) is 0 Å². The van der Waals surface area contributed by atoms with Gasteiger partial charge in [-0.3, -0.25) is 0 Å². The number of aliphatic hydroxyl groups is 1. The molecule has 0 spiro atoms. The van der Waals surface area contributed by atoms with Crippen molar-refractivity contribution >= 4 is 17.9 Å². The van der Waals surface area contributed by atoms with E-state index in [0.717, 1.165) is 0 Å². The first-order chi connectivity index (χ1) is 14.9. The number of rotatable bonds is 13. The lowest BCUT2D eigenvalue weighted by Gasteiger charge is -2.31. The van der Waals surface area contributed by atoms with Crippen molar-refractivity contribution in [3.05, 3.63) is 0 Å². The zero-order valence-corrected chi connectivity index (χ0v) is 21.6. The maximum Gasteiger partial charge on any atom is 0.332 e. The van der Waals surface area contributed by atoms with Crippen molar-refractivity contribution in [3.8, 4) is 0 Å². The minimum Gasteiger partial charge on any atom is -0.458 e. The summed E-state index contributed by atoms with van der Waals surface area (Å²) in [6, 6.07) is 0. The number of carbonyl (C=O) groups is 3. The van der Waals surface area contributed by atoms with Crippen LogP contribution in [-0.2, 0) is 42.8 Å². The summed E-state index contributed by atoms with van der Waals surface area (Å²) in [5.74, 6) is -1.71. The molecule has 0 aromatic carbocycles. The van der Waals surface area contributed by atoms with Crippen LogP contribution in [0.4, 0.5) is 0 Å². The molecular weight excluding hydrogens is 436 g/mol. The molecule has 194 valence electrons. The Kier molecular flexibility index (Phi) is 12.5. The van der Waals surface area contributed by atoms with Gasteiger partial charge in [0.1, 0.15) is 36.6 Å². The highest BCUT2D eigenvalue weighted by Gasteiger charge is 2.33. The molecule has 0 aliphatic carbocycles. The van der Waals surface area contributed by atoms with Crippen LogP contribution in [0.15, 0.2) is 0 Å². The number of esters is 3. The van der Waals surface area contributed by atoms with E-state index in [1.165, 1.54) is 0 Å². The van der Waals surface area contributed by atoms with E-state index in [0.29, 0.717) is 0 Å².